The highest BCUT2D eigenvalue weighted by molar-refractivity contribution is 7.26. The predicted octanol–water partition coefficient (Wildman–Crippen LogP) is 3.71. The molecular formula is C22H28N5OS+. The molecule has 1 N–H and O–H groups in total. The Morgan fingerprint density at radius 3 is 2.52 bits per heavy atom. The van der Waals surface area contributed by atoms with Gasteiger partial charge in [-0.1, -0.05) is 0 Å². The minimum atomic E-state index is -0.156. The summed E-state index contributed by atoms with van der Waals surface area (Å²) in [5, 5.41) is 1.26. The van der Waals surface area contributed by atoms with Crippen molar-refractivity contribution in [3.05, 3.63) is 17.5 Å². The van der Waals surface area contributed by atoms with Gasteiger partial charge < -0.3 is 9.64 Å². The average molecular weight is 411 g/mol. The maximum atomic E-state index is 6.24. The number of H-pyrrole nitrogens is 1. The normalized spacial score (nSPS) is 21.4. The van der Waals surface area contributed by atoms with Gasteiger partial charge in [0.05, 0.1) is 30.7 Å². The number of rotatable bonds is 2. The molecule has 7 heteroatoms. The monoisotopic (exact) mass is 410 g/mol. The highest BCUT2D eigenvalue weighted by Gasteiger charge is 2.34. The van der Waals surface area contributed by atoms with Crippen molar-refractivity contribution >= 4 is 43.4 Å². The first-order valence-electron chi connectivity index (χ1n) is 10.9. The van der Waals surface area contributed by atoms with Crippen LogP contribution in [-0.2, 0) is 17.8 Å². The molecule has 29 heavy (non-hydrogen) atoms. The zero-order chi connectivity index (χ0) is 19.6. The SMILES string of the molecule is CC1(C)Cc2c(c(N3CCCC3)nc3sc4c(N5CCCC5)[nH+]cnc4c23)CO1. The number of fused-ring (bicyclic) bond motifs is 5. The third-order valence-electron chi connectivity index (χ3n) is 6.66. The maximum Gasteiger partial charge on any atom is 0.242 e. The summed E-state index contributed by atoms with van der Waals surface area (Å²) >= 11 is 1.81. The van der Waals surface area contributed by atoms with E-state index in [4.69, 9.17) is 14.7 Å². The molecule has 2 saturated heterocycles. The molecular weight excluding hydrogens is 382 g/mol. The summed E-state index contributed by atoms with van der Waals surface area (Å²) in [6.07, 6.45) is 7.81. The van der Waals surface area contributed by atoms with Gasteiger partial charge in [0.1, 0.15) is 15.3 Å². The van der Waals surface area contributed by atoms with Crippen LogP contribution in [0.15, 0.2) is 6.33 Å². The van der Waals surface area contributed by atoms with E-state index in [0.29, 0.717) is 6.61 Å². The van der Waals surface area contributed by atoms with Gasteiger partial charge in [-0.05, 0) is 45.1 Å². The number of aromatic amines is 1. The van der Waals surface area contributed by atoms with Gasteiger partial charge in [-0.3, -0.25) is 4.90 Å². The van der Waals surface area contributed by atoms with Crippen molar-refractivity contribution in [2.75, 3.05) is 36.0 Å². The molecule has 6 nitrogen and oxygen atoms in total. The van der Waals surface area contributed by atoms with E-state index < -0.39 is 0 Å². The van der Waals surface area contributed by atoms with E-state index in [1.807, 2.05) is 17.7 Å². The molecule has 2 fully saturated rings. The topological polar surface area (TPSA) is 55.6 Å². The fraction of sp³-hybridized carbons (Fsp3) is 0.591. The lowest BCUT2D eigenvalue weighted by atomic mass is 9.90. The Balaban J connectivity index is 1.63. The zero-order valence-electron chi connectivity index (χ0n) is 17.3. The Morgan fingerprint density at radius 1 is 1.03 bits per heavy atom. The molecule has 0 aromatic carbocycles. The van der Waals surface area contributed by atoms with Crippen molar-refractivity contribution in [2.24, 2.45) is 0 Å². The van der Waals surface area contributed by atoms with Gasteiger partial charge in [0.15, 0.2) is 5.52 Å². The molecule has 0 saturated carbocycles. The van der Waals surface area contributed by atoms with Crippen LogP contribution in [0.5, 0.6) is 0 Å². The lowest BCUT2D eigenvalue weighted by Gasteiger charge is -2.34. The van der Waals surface area contributed by atoms with Crippen LogP contribution < -0.4 is 14.8 Å². The molecule has 6 heterocycles. The van der Waals surface area contributed by atoms with Crippen LogP contribution in [0.2, 0.25) is 0 Å². The number of anilines is 2. The van der Waals surface area contributed by atoms with Crippen LogP contribution in [0.3, 0.4) is 0 Å². The summed E-state index contributed by atoms with van der Waals surface area (Å²) in [5.74, 6) is 2.37. The van der Waals surface area contributed by atoms with Gasteiger partial charge in [0.25, 0.3) is 0 Å². The summed E-state index contributed by atoms with van der Waals surface area (Å²) in [5.41, 5.74) is 3.65. The molecule has 0 bridgehead atoms. The number of thiophene rings is 1. The molecule has 3 aliphatic rings. The standard InChI is InChI=1S/C22H27N5OS/c1-22(2)11-14-15(12-28-22)19(26-7-3-4-8-26)25-21-16(14)17-18(29-21)20(24-13-23-17)27-9-5-6-10-27/h13H,3-12H2,1-2H3/p+1. The maximum absolute atomic E-state index is 6.24. The van der Waals surface area contributed by atoms with Crippen molar-refractivity contribution < 1.29 is 9.72 Å². The minimum Gasteiger partial charge on any atom is -0.370 e. The second kappa shape index (κ2) is 6.51. The van der Waals surface area contributed by atoms with Crippen molar-refractivity contribution in [3.63, 3.8) is 0 Å². The lowest BCUT2D eigenvalue weighted by Crippen LogP contribution is -2.33. The quantitative estimate of drug-likeness (QED) is 0.645. The molecule has 6 rings (SSSR count). The van der Waals surface area contributed by atoms with E-state index in [2.05, 4.69) is 28.6 Å². The van der Waals surface area contributed by atoms with E-state index >= 15 is 0 Å². The Hall–Kier alpha value is -1.99. The highest BCUT2D eigenvalue weighted by atomic mass is 32.1. The van der Waals surface area contributed by atoms with E-state index in [-0.39, 0.29) is 5.60 Å². The van der Waals surface area contributed by atoms with Crippen LogP contribution in [0, 0.1) is 0 Å². The second-order valence-electron chi connectivity index (χ2n) is 9.22. The first-order chi connectivity index (χ1) is 14.1. The summed E-state index contributed by atoms with van der Waals surface area (Å²) in [4.78, 5) is 19.5. The molecule has 3 aliphatic heterocycles. The fourth-order valence-corrected chi connectivity index (χ4v) is 6.36. The molecule has 0 amide bonds. The van der Waals surface area contributed by atoms with Crippen molar-refractivity contribution in [3.8, 4) is 0 Å². The first kappa shape index (κ1) is 17.8. The van der Waals surface area contributed by atoms with Crippen LogP contribution >= 0.6 is 11.3 Å². The van der Waals surface area contributed by atoms with E-state index in [1.165, 1.54) is 52.7 Å². The summed E-state index contributed by atoms with van der Waals surface area (Å²) in [6, 6.07) is 0. The lowest BCUT2D eigenvalue weighted by molar-refractivity contribution is -0.366. The predicted molar refractivity (Wildman–Crippen MR) is 117 cm³/mol. The minimum absolute atomic E-state index is 0.156. The first-order valence-corrected chi connectivity index (χ1v) is 11.7. The van der Waals surface area contributed by atoms with Crippen molar-refractivity contribution in [1.29, 1.82) is 0 Å². The molecule has 152 valence electrons. The van der Waals surface area contributed by atoms with Crippen LogP contribution in [-0.4, -0.2) is 41.7 Å². The molecule has 3 aromatic rings. The second-order valence-corrected chi connectivity index (χ2v) is 10.2. The van der Waals surface area contributed by atoms with Gasteiger partial charge in [-0.2, -0.15) is 0 Å². The third kappa shape index (κ3) is 2.81. The number of hydrogen-bond donors (Lipinski definition) is 0. The number of hydrogen-bond acceptors (Lipinski definition) is 6. The van der Waals surface area contributed by atoms with Crippen molar-refractivity contribution in [2.45, 2.75) is 58.2 Å². The van der Waals surface area contributed by atoms with Crippen LogP contribution in [0.1, 0.15) is 50.7 Å². The molecule has 0 spiro atoms. The van der Waals surface area contributed by atoms with E-state index in [0.717, 1.165) is 48.8 Å². The van der Waals surface area contributed by atoms with Gasteiger partial charge in [0.2, 0.25) is 12.1 Å². The fourth-order valence-electron chi connectivity index (χ4n) is 5.18. The average Bonchev–Trinajstić information content (AvgIpc) is 3.45. The summed E-state index contributed by atoms with van der Waals surface area (Å²) in [6.45, 7) is 9.48. The zero-order valence-corrected chi connectivity index (χ0v) is 18.1. The number of aromatic nitrogens is 3. The van der Waals surface area contributed by atoms with Gasteiger partial charge in [-0.15, -0.1) is 16.3 Å². The number of pyridine rings is 1. The van der Waals surface area contributed by atoms with Crippen molar-refractivity contribution in [1.82, 2.24) is 9.97 Å². The summed E-state index contributed by atoms with van der Waals surface area (Å²) in [7, 11) is 0. The van der Waals surface area contributed by atoms with E-state index in [9.17, 15) is 0 Å². The molecule has 0 aliphatic carbocycles. The van der Waals surface area contributed by atoms with Crippen LogP contribution in [0.4, 0.5) is 11.6 Å². The van der Waals surface area contributed by atoms with Gasteiger partial charge in [-0.25, -0.2) is 9.97 Å². The molecule has 0 atom stereocenters. The number of nitrogens with one attached hydrogen (secondary N) is 1. The smallest absolute Gasteiger partial charge is 0.242 e. The molecule has 0 radical (unpaired) electrons. The van der Waals surface area contributed by atoms with Gasteiger partial charge in [0, 0.05) is 25.1 Å². The largest absolute Gasteiger partial charge is 0.370 e. The summed E-state index contributed by atoms with van der Waals surface area (Å²) < 4.78 is 7.49. The molecule has 0 unspecified atom stereocenters. The number of nitrogens with zero attached hydrogens (tertiary/aromatic N) is 4. The Labute approximate surface area is 174 Å². The molecule has 3 aromatic heterocycles. The van der Waals surface area contributed by atoms with E-state index in [1.54, 1.807) is 0 Å². The highest BCUT2D eigenvalue weighted by Crippen LogP contribution is 2.44. The Bertz CT molecular complexity index is 1100. The van der Waals surface area contributed by atoms with Gasteiger partial charge >= 0.3 is 0 Å². The Morgan fingerprint density at radius 2 is 1.76 bits per heavy atom. The third-order valence-corrected chi connectivity index (χ3v) is 7.74. The Kier molecular flexibility index (Phi) is 4.00. The van der Waals surface area contributed by atoms with Crippen LogP contribution in [0.25, 0.3) is 20.4 Å². The number of ether oxygens (including phenoxy) is 1.